The number of anilines is 1. The molecule has 0 heterocycles. The molecule has 3 N–H and O–H groups in total. The van der Waals surface area contributed by atoms with Crippen molar-refractivity contribution < 1.29 is 10.0 Å². The molecule has 0 atom stereocenters. The third-order valence-corrected chi connectivity index (χ3v) is 3.72. The molecule has 2 aromatic carbocycles. The van der Waals surface area contributed by atoms with E-state index in [2.05, 4.69) is 5.32 Å². The minimum Gasteiger partial charge on any atom is -0.423 e. The molecule has 0 radical (unpaired) electrons. The molecule has 5 heteroatoms. The lowest BCUT2D eigenvalue weighted by Crippen LogP contribution is -2.30. The Balaban J connectivity index is 2.20. The lowest BCUT2D eigenvalue weighted by molar-refractivity contribution is 0.426. The van der Waals surface area contributed by atoms with Gasteiger partial charge in [-0.1, -0.05) is 35.9 Å². The molecule has 0 aliphatic carbocycles. The smallest absolute Gasteiger partial charge is 0.423 e. The number of benzene rings is 2. The first-order valence-corrected chi connectivity index (χ1v) is 6.81. The van der Waals surface area contributed by atoms with Crippen molar-refractivity contribution in [3.8, 4) is 0 Å². The van der Waals surface area contributed by atoms with Crippen LogP contribution in [0.1, 0.15) is 16.7 Å². The monoisotopic (exact) mass is 289 g/mol. The average molecular weight is 290 g/mol. The van der Waals surface area contributed by atoms with Crippen molar-refractivity contribution in [3.05, 3.63) is 58.1 Å². The lowest BCUT2D eigenvalue weighted by Gasteiger charge is -2.14. The van der Waals surface area contributed by atoms with Gasteiger partial charge in [0.25, 0.3) is 0 Å². The second-order valence-corrected chi connectivity index (χ2v) is 5.24. The van der Waals surface area contributed by atoms with Crippen LogP contribution in [0.4, 0.5) is 5.69 Å². The fraction of sp³-hybridized carbons (Fsp3) is 0.200. The van der Waals surface area contributed by atoms with Gasteiger partial charge in [-0.2, -0.15) is 0 Å². The fourth-order valence-corrected chi connectivity index (χ4v) is 2.35. The zero-order valence-corrected chi connectivity index (χ0v) is 12.3. The van der Waals surface area contributed by atoms with Gasteiger partial charge in [0.15, 0.2) is 0 Å². The van der Waals surface area contributed by atoms with Crippen LogP contribution in [0.25, 0.3) is 0 Å². The van der Waals surface area contributed by atoms with E-state index in [9.17, 15) is 10.0 Å². The summed E-state index contributed by atoms with van der Waals surface area (Å²) in [6, 6.07) is 11.1. The summed E-state index contributed by atoms with van der Waals surface area (Å²) in [4.78, 5) is 0. The highest BCUT2D eigenvalue weighted by Gasteiger charge is 2.12. The standard InChI is InChI=1S/C15H17BClNO2/c1-10-4-3-5-14(17)13(10)9-18-15-8-12(16(19)20)7-6-11(15)2/h3-8,18-20H,9H2,1-2H3. The first kappa shape index (κ1) is 14.9. The van der Waals surface area contributed by atoms with E-state index >= 15 is 0 Å². The predicted molar refractivity (Wildman–Crippen MR) is 84.5 cm³/mol. The summed E-state index contributed by atoms with van der Waals surface area (Å²) in [7, 11) is -1.46. The van der Waals surface area contributed by atoms with Gasteiger partial charge in [0.05, 0.1) is 0 Å². The summed E-state index contributed by atoms with van der Waals surface area (Å²) < 4.78 is 0. The summed E-state index contributed by atoms with van der Waals surface area (Å²) in [5.74, 6) is 0. The summed E-state index contributed by atoms with van der Waals surface area (Å²) in [5.41, 5.74) is 4.55. The van der Waals surface area contributed by atoms with E-state index in [0.717, 1.165) is 27.4 Å². The van der Waals surface area contributed by atoms with Gasteiger partial charge in [-0.25, -0.2) is 0 Å². The summed E-state index contributed by atoms with van der Waals surface area (Å²) >= 11 is 6.20. The first-order chi connectivity index (χ1) is 9.49. The van der Waals surface area contributed by atoms with Gasteiger partial charge in [-0.15, -0.1) is 0 Å². The maximum Gasteiger partial charge on any atom is 0.488 e. The summed E-state index contributed by atoms with van der Waals surface area (Å²) in [6.07, 6.45) is 0. The van der Waals surface area contributed by atoms with E-state index < -0.39 is 7.12 Å². The van der Waals surface area contributed by atoms with Gasteiger partial charge in [-0.3, -0.25) is 0 Å². The molecular formula is C15H17BClNO2. The summed E-state index contributed by atoms with van der Waals surface area (Å²) in [6.45, 7) is 4.58. The molecule has 0 unspecified atom stereocenters. The van der Waals surface area contributed by atoms with Gasteiger partial charge in [0.2, 0.25) is 0 Å². The molecule has 0 bridgehead atoms. The Morgan fingerprint density at radius 2 is 1.85 bits per heavy atom. The highest BCUT2D eigenvalue weighted by Crippen LogP contribution is 2.21. The van der Waals surface area contributed by atoms with Crippen molar-refractivity contribution in [2.24, 2.45) is 0 Å². The maximum atomic E-state index is 9.22. The van der Waals surface area contributed by atoms with E-state index in [4.69, 9.17) is 11.6 Å². The fourth-order valence-electron chi connectivity index (χ4n) is 2.06. The van der Waals surface area contributed by atoms with Gasteiger partial charge in [0, 0.05) is 17.3 Å². The number of aryl methyl sites for hydroxylation is 2. The van der Waals surface area contributed by atoms with Crippen LogP contribution in [-0.4, -0.2) is 17.2 Å². The van der Waals surface area contributed by atoms with Crippen LogP contribution >= 0.6 is 11.6 Å². The Kier molecular flexibility index (Phi) is 4.71. The molecule has 0 aliphatic heterocycles. The van der Waals surface area contributed by atoms with E-state index in [1.807, 2.05) is 38.1 Å². The molecule has 0 fully saturated rings. The Bertz CT molecular complexity index is 597. The van der Waals surface area contributed by atoms with Crippen molar-refractivity contribution in [2.75, 3.05) is 5.32 Å². The zero-order valence-electron chi connectivity index (χ0n) is 11.5. The molecule has 0 saturated heterocycles. The van der Waals surface area contributed by atoms with E-state index in [-0.39, 0.29) is 0 Å². The van der Waals surface area contributed by atoms with Crippen LogP contribution < -0.4 is 10.8 Å². The normalized spacial score (nSPS) is 10.4. The average Bonchev–Trinajstić information content (AvgIpc) is 2.39. The molecule has 2 aromatic rings. The molecule has 0 aliphatic rings. The number of hydrogen-bond donors (Lipinski definition) is 3. The molecule has 0 amide bonds. The summed E-state index contributed by atoms with van der Waals surface area (Å²) in [5, 5.41) is 22.5. The number of nitrogens with one attached hydrogen (secondary N) is 1. The maximum absolute atomic E-state index is 9.22. The Morgan fingerprint density at radius 3 is 2.50 bits per heavy atom. The van der Waals surface area contributed by atoms with E-state index in [1.54, 1.807) is 12.1 Å². The van der Waals surface area contributed by atoms with Crippen LogP contribution in [-0.2, 0) is 6.54 Å². The zero-order chi connectivity index (χ0) is 14.7. The third-order valence-electron chi connectivity index (χ3n) is 3.37. The van der Waals surface area contributed by atoms with Crippen molar-refractivity contribution >= 4 is 29.9 Å². The van der Waals surface area contributed by atoms with Gasteiger partial charge >= 0.3 is 7.12 Å². The second-order valence-electron chi connectivity index (χ2n) is 4.84. The first-order valence-electron chi connectivity index (χ1n) is 6.43. The van der Waals surface area contributed by atoms with Gasteiger partial charge < -0.3 is 15.4 Å². The Morgan fingerprint density at radius 1 is 1.10 bits per heavy atom. The van der Waals surface area contributed by atoms with Crippen molar-refractivity contribution in [2.45, 2.75) is 20.4 Å². The Labute approximate surface area is 124 Å². The van der Waals surface area contributed by atoms with Crippen molar-refractivity contribution in [1.29, 1.82) is 0 Å². The minimum atomic E-state index is -1.46. The lowest BCUT2D eigenvalue weighted by atomic mass is 9.79. The van der Waals surface area contributed by atoms with Crippen molar-refractivity contribution in [3.63, 3.8) is 0 Å². The van der Waals surface area contributed by atoms with Crippen LogP contribution in [0.5, 0.6) is 0 Å². The molecule has 0 saturated carbocycles. The molecule has 0 spiro atoms. The minimum absolute atomic E-state index is 0.467. The highest BCUT2D eigenvalue weighted by atomic mass is 35.5. The predicted octanol–water partition coefficient (Wildman–Crippen LogP) is 2.25. The quantitative estimate of drug-likeness (QED) is 0.757. The SMILES string of the molecule is Cc1ccc(B(O)O)cc1NCc1c(C)cccc1Cl. The molecule has 3 nitrogen and oxygen atoms in total. The van der Waals surface area contributed by atoms with Crippen molar-refractivity contribution in [1.82, 2.24) is 0 Å². The molecule has 20 heavy (non-hydrogen) atoms. The largest absolute Gasteiger partial charge is 0.488 e. The highest BCUT2D eigenvalue weighted by molar-refractivity contribution is 6.58. The van der Waals surface area contributed by atoms with Gasteiger partial charge in [0.1, 0.15) is 0 Å². The molecule has 0 aromatic heterocycles. The molecule has 2 rings (SSSR count). The van der Waals surface area contributed by atoms with Gasteiger partial charge in [-0.05, 0) is 48.1 Å². The number of rotatable bonds is 4. The van der Waals surface area contributed by atoms with E-state index in [0.29, 0.717) is 12.0 Å². The molecule has 104 valence electrons. The number of halogens is 1. The van der Waals surface area contributed by atoms with Crippen LogP contribution in [0.15, 0.2) is 36.4 Å². The number of hydrogen-bond acceptors (Lipinski definition) is 3. The third kappa shape index (κ3) is 3.34. The molecular weight excluding hydrogens is 272 g/mol. The van der Waals surface area contributed by atoms with Crippen LogP contribution in [0, 0.1) is 13.8 Å². The second kappa shape index (κ2) is 6.31. The Hall–Kier alpha value is -1.49. The van der Waals surface area contributed by atoms with Crippen LogP contribution in [0.3, 0.4) is 0 Å². The van der Waals surface area contributed by atoms with E-state index in [1.165, 1.54) is 0 Å². The topological polar surface area (TPSA) is 52.5 Å². The van der Waals surface area contributed by atoms with Crippen LogP contribution in [0.2, 0.25) is 5.02 Å².